The summed E-state index contributed by atoms with van der Waals surface area (Å²) in [4.78, 5) is 16.6. The number of nitrogens with two attached hydrogens (primary N) is 1. The maximum atomic E-state index is 10.7. The van der Waals surface area contributed by atoms with E-state index < -0.39 is 4.92 Å². The minimum absolute atomic E-state index is 0.0634. The zero-order chi connectivity index (χ0) is 13.3. The molecule has 1 saturated heterocycles. The van der Waals surface area contributed by atoms with Crippen molar-refractivity contribution in [1.29, 1.82) is 0 Å². The van der Waals surface area contributed by atoms with Crippen molar-refractivity contribution in [1.82, 2.24) is 4.98 Å². The number of anilines is 1. The van der Waals surface area contributed by atoms with Crippen LogP contribution in [0.25, 0.3) is 0 Å². The molecule has 1 aliphatic rings. The molecule has 6 heteroatoms. The summed E-state index contributed by atoms with van der Waals surface area (Å²) in [5.41, 5.74) is 6.74. The molecular weight excluding hydrogens is 232 g/mol. The second-order valence-corrected chi connectivity index (χ2v) is 4.96. The van der Waals surface area contributed by atoms with E-state index in [1.54, 1.807) is 13.0 Å². The Balaban J connectivity index is 2.19. The molecule has 0 bridgehead atoms. The summed E-state index contributed by atoms with van der Waals surface area (Å²) >= 11 is 0. The molecule has 2 heterocycles. The third kappa shape index (κ3) is 2.43. The predicted octanol–water partition coefficient (Wildman–Crippen LogP) is 1.47. The topological polar surface area (TPSA) is 85.3 Å². The number of aryl methyl sites for hydroxylation is 1. The monoisotopic (exact) mass is 250 g/mol. The van der Waals surface area contributed by atoms with Gasteiger partial charge in [-0.2, -0.15) is 0 Å². The summed E-state index contributed by atoms with van der Waals surface area (Å²) in [5.74, 6) is 1.29. The van der Waals surface area contributed by atoms with Gasteiger partial charge in [0.05, 0.1) is 4.92 Å². The van der Waals surface area contributed by atoms with Crippen LogP contribution in [0.15, 0.2) is 12.3 Å². The highest BCUT2D eigenvalue weighted by Crippen LogP contribution is 2.24. The number of nitrogens with zero attached hydrogens (tertiary/aromatic N) is 3. The lowest BCUT2D eigenvalue weighted by Gasteiger charge is -2.35. The van der Waals surface area contributed by atoms with Gasteiger partial charge in [-0.1, -0.05) is 6.92 Å². The van der Waals surface area contributed by atoms with Crippen LogP contribution in [-0.4, -0.2) is 29.0 Å². The van der Waals surface area contributed by atoms with Gasteiger partial charge in [-0.15, -0.1) is 0 Å². The number of hydrogen-bond acceptors (Lipinski definition) is 5. The lowest BCUT2D eigenvalue weighted by Crippen LogP contribution is -2.47. The van der Waals surface area contributed by atoms with Crippen molar-refractivity contribution in [2.75, 3.05) is 18.0 Å². The average Bonchev–Trinajstić information content (AvgIpc) is 2.32. The summed E-state index contributed by atoms with van der Waals surface area (Å²) in [7, 11) is 0. The molecule has 98 valence electrons. The zero-order valence-corrected chi connectivity index (χ0v) is 10.7. The molecule has 6 nitrogen and oxygen atoms in total. The van der Waals surface area contributed by atoms with Crippen molar-refractivity contribution in [3.8, 4) is 0 Å². The van der Waals surface area contributed by atoms with E-state index in [1.807, 2.05) is 0 Å². The van der Waals surface area contributed by atoms with Crippen LogP contribution in [0, 0.1) is 23.0 Å². The van der Waals surface area contributed by atoms with E-state index in [4.69, 9.17) is 5.73 Å². The molecule has 2 N–H and O–H groups in total. The highest BCUT2D eigenvalue weighted by molar-refractivity contribution is 5.49. The Morgan fingerprint density at radius 1 is 1.61 bits per heavy atom. The number of nitro groups is 1. The van der Waals surface area contributed by atoms with Gasteiger partial charge in [0.1, 0.15) is 12.0 Å². The van der Waals surface area contributed by atoms with Crippen molar-refractivity contribution < 1.29 is 4.92 Å². The van der Waals surface area contributed by atoms with Crippen LogP contribution in [0.5, 0.6) is 0 Å². The van der Waals surface area contributed by atoms with E-state index >= 15 is 0 Å². The third-order valence-corrected chi connectivity index (χ3v) is 3.61. The standard InChI is InChI=1S/C12H18N4O2/c1-8-3-4-15(7-10(8)13)12-5-9(2)11(6-14-12)16(17)18/h5-6,8,10H,3-4,7,13H2,1-2H3. The van der Waals surface area contributed by atoms with Crippen LogP contribution in [0.1, 0.15) is 18.9 Å². The smallest absolute Gasteiger partial charge is 0.290 e. The first-order chi connectivity index (χ1) is 8.49. The summed E-state index contributed by atoms with van der Waals surface area (Å²) in [5, 5.41) is 10.7. The number of piperidine rings is 1. The van der Waals surface area contributed by atoms with Crippen molar-refractivity contribution in [2.24, 2.45) is 11.7 Å². The van der Waals surface area contributed by atoms with E-state index in [2.05, 4.69) is 16.8 Å². The number of pyridine rings is 1. The molecule has 0 amide bonds. The molecule has 1 aromatic rings. The molecule has 0 spiro atoms. The van der Waals surface area contributed by atoms with Gasteiger partial charge in [-0.3, -0.25) is 10.1 Å². The molecule has 1 aromatic heterocycles. The van der Waals surface area contributed by atoms with Crippen LogP contribution >= 0.6 is 0 Å². The second kappa shape index (κ2) is 4.89. The highest BCUT2D eigenvalue weighted by Gasteiger charge is 2.24. The van der Waals surface area contributed by atoms with Crippen LogP contribution < -0.4 is 10.6 Å². The molecular formula is C12H18N4O2. The van der Waals surface area contributed by atoms with Gasteiger partial charge >= 0.3 is 0 Å². The van der Waals surface area contributed by atoms with E-state index in [1.165, 1.54) is 6.20 Å². The molecule has 0 aliphatic carbocycles. The Bertz CT molecular complexity index is 463. The Labute approximate surface area is 106 Å². The zero-order valence-electron chi connectivity index (χ0n) is 10.7. The van der Waals surface area contributed by atoms with Gasteiger partial charge < -0.3 is 10.6 Å². The summed E-state index contributed by atoms with van der Waals surface area (Å²) < 4.78 is 0. The van der Waals surface area contributed by atoms with Gasteiger partial charge in [0.25, 0.3) is 5.69 Å². The molecule has 0 saturated carbocycles. The fraction of sp³-hybridized carbons (Fsp3) is 0.583. The molecule has 2 rings (SSSR count). The SMILES string of the molecule is Cc1cc(N2CCC(C)C(N)C2)ncc1[N+](=O)[O-]. The van der Waals surface area contributed by atoms with Crippen molar-refractivity contribution >= 4 is 11.5 Å². The fourth-order valence-corrected chi connectivity index (χ4v) is 2.21. The van der Waals surface area contributed by atoms with Gasteiger partial charge in [-0.25, -0.2) is 4.98 Å². The maximum Gasteiger partial charge on any atom is 0.290 e. The van der Waals surface area contributed by atoms with Gasteiger partial charge in [0.15, 0.2) is 0 Å². The fourth-order valence-electron chi connectivity index (χ4n) is 2.21. The lowest BCUT2D eigenvalue weighted by atomic mass is 9.94. The molecule has 18 heavy (non-hydrogen) atoms. The molecule has 2 atom stereocenters. The highest BCUT2D eigenvalue weighted by atomic mass is 16.6. The van der Waals surface area contributed by atoms with Gasteiger partial charge in [-0.05, 0) is 25.3 Å². The quantitative estimate of drug-likeness (QED) is 0.634. The molecule has 2 unspecified atom stereocenters. The Morgan fingerprint density at radius 3 is 2.89 bits per heavy atom. The van der Waals surface area contributed by atoms with Crippen molar-refractivity contribution in [3.63, 3.8) is 0 Å². The Hall–Kier alpha value is -1.69. The number of aromatic nitrogens is 1. The van der Waals surface area contributed by atoms with E-state index in [-0.39, 0.29) is 11.7 Å². The van der Waals surface area contributed by atoms with Crippen LogP contribution in [0.3, 0.4) is 0 Å². The van der Waals surface area contributed by atoms with Crippen molar-refractivity contribution in [3.05, 3.63) is 27.9 Å². The van der Waals surface area contributed by atoms with E-state index in [0.29, 0.717) is 11.5 Å². The molecule has 0 radical (unpaired) electrons. The molecule has 0 aromatic carbocycles. The molecule has 1 fully saturated rings. The Morgan fingerprint density at radius 2 is 2.33 bits per heavy atom. The number of rotatable bonds is 2. The predicted molar refractivity (Wildman–Crippen MR) is 69.6 cm³/mol. The average molecular weight is 250 g/mol. The third-order valence-electron chi connectivity index (χ3n) is 3.61. The first-order valence-corrected chi connectivity index (χ1v) is 6.10. The number of hydrogen-bond donors (Lipinski definition) is 1. The summed E-state index contributed by atoms with van der Waals surface area (Å²) in [6, 6.07) is 1.90. The summed E-state index contributed by atoms with van der Waals surface area (Å²) in [6.45, 7) is 5.54. The van der Waals surface area contributed by atoms with Crippen molar-refractivity contribution in [2.45, 2.75) is 26.3 Å². The van der Waals surface area contributed by atoms with Crippen LogP contribution in [0.2, 0.25) is 0 Å². The first kappa shape index (κ1) is 12.8. The molecule has 1 aliphatic heterocycles. The van der Waals surface area contributed by atoms with Gasteiger partial charge in [0, 0.05) is 24.7 Å². The minimum Gasteiger partial charge on any atom is -0.355 e. The van der Waals surface area contributed by atoms with Crippen LogP contribution in [0.4, 0.5) is 11.5 Å². The first-order valence-electron chi connectivity index (χ1n) is 6.10. The van der Waals surface area contributed by atoms with Gasteiger partial charge in [0.2, 0.25) is 0 Å². The normalized spacial score (nSPS) is 24.1. The minimum atomic E-state index is -0.407. The lowest BCUT2D eigenvalue weighted by molar-refractivity contribution is -0.385. The van der Waals surface area contributed by atoms with Crippen LogP contribution in [-0.2, 0) is 0 Å². The summed E-state index contributed by atoms with van der Waals surface area (Å²) in [6.07, 6.45) is 2.35. The maximum absolute atomic E-state index is 10.7. The van der Waals surface area contributed by atoms with E-state index in [9.17, 15) is 10.1 Å². The second-order valence-electron chi connectivity index (χ2n) is 4.96. The Kier molecular flexibility index (Phi) is 3.47. The largest absolute Gasteiger partial charge is 0.355 e. The van der Waals surface area contributed by atoms with E-state index in [0.717, 1.165) is 25.3 Å².